The highest BCUT2D eigenvalue weighted by molar-refractivity contribution is 5.79. The Labute approximate surface area is 195 Å². The van der Waals surface area contributed by atoms with Crippen molar-refractivity contribution in [3.8, 4) is 11.4 Å². The minimum Gasteiger partial charge on any atom is -0.352 e. The Hall–Kier alpha value is -3.87. The summed E-state index contributed by atoms with van der Waals surface area (Å²) in [5.74, 6) is 0.740. The SMILES string of the molecule is CN=C(NCc1ccccc1-n1nc(C)cc1C)NCc1c(C)nn(-c2ccccc2)c1C. The summed E-state index contributed by atoms with van der Waals surface area (Å²) >= 11 is 0. The molecule has 0 unspecified atom stereocenters. The Morgan fingerprint density at radius 3 is 2.24 bits per heavy atom. The maximum atomic E-state index is 4.74. The largest absolute Gasteiger partial charge is 0.352 e. The highest BCUT2D eigenvalue weighted by Crippen LogP contribution is 2.18. The van der Waals surface area contributed by atoms with E-state index in [1.807, 2.05) is 53.5 Å². The lowest BCUT2D eigenvalue weighted by Crippen LogP contribution is -2.36. The summed E-state index contributed by atoms with van der Waals surface area (Å²) in [5.41, 5.74) is 8.71. The van der Waals surface area contributed by atoms with Crippen molar-refractivity contribution in [2.75, 3.05) is 7.05 Å². The van der Waals surface area contributed by atoms with Crippen LogP contribution in [0.4, 0.5) is 0 Å². The minimum atomic E-state index is 0.634. The molecular formula is C26H31N7. The van der Waals surface area contributed by atoms with Crippen LogP contribution in [-0.4, -0.2) is 32.6 Å². The zero-order valence-corrected chi connectivity index (χ0v) is 19.9. The summed E-state index contributed by atoms with van der Waals surface area (Å²) in [4.78, 5) is 4.41. The molecule has 33 heavy (non-hydrogen) atoms. The standard InChI is InChI=1S/C26H31N7/c1-18-15-19(2)32(30-18)25-14-10-9-11-22(25)16-28-26(27-5)29-17-24-20(3)31-33(21(24)4)23-12-7-6-8-13-23/h6-15H,16-17H2,1-5H3,(H2,27,28,29). The minimum absolute atomic E-state index is 0.634. The van der Waals surface area contributed by atoms with Gasteiger partial charge in [-0.05, 0) is 57.5 Å². The number of hydrogen-bond acceptors (Lipinski definition) is 3. The van der Waals surface area contributed by atoms with Crippen LogP contribution in [0.15, 0.2) is 65.7 Å². The quantitative estimate of drug-likeness (QED) is 0.348. The Morgan fingerprint density at radius 1 is 0.848 bits per heavy atom. The van der Waals surface area contributed by atoms with Gasteiger partial charge < -0.3 is 10.6 Å². The second-order valence-corrected chi connectivity index (χ2v) is 8.14. The molecule has 2 aromatic heterocycles. The number of nitrogens with zero attached hydrogens (tertiary/aromatic N) is 5. The van der Waals surface area contributed by atoms with Crippen LogP contribution in [0.3, 0.4) is 0 Å². The van der Waals surface area contributed by atoms with Crippen molar-refractivity contribution in [3.63, 3.8) is 0 Å². The summed E-state index contributed by atoms with van der Waals surface area (Å²) in [6.07, 6.45) is 0. The Balaban J connectivity index is 1.45. The van der Waals surface area contributed by atoms with Gasteiger partial charge in [0.05, 0.1) is 22.8 Å². The van der Waals surface area contributed by atoms with E-state index in [-0.39, 0.29) is 0 Å². The third-order valence-corrected chi connectivity index (χ3v) is 5.77. The monoisotopic (exact) mass is 441 g/mol. The van der Waals surface area contributed by atoms with E-state index in [1.165, 1.54) is 5.56 Å². The van der Waals surface area contributed by atoms with E-state index in [4.69, 9.17) is 5.10 Å². The first-order valence-electron chi connectivity index (χ1n) is 11.1. The van der Waals surface area contributed by atoms with Crippen molar-refractivity contribution in [3.05, 3.63) is 94.6 Å². The molecule has 0 fully saturated rings. The smallest absolute Gasteiger partial charge is 0.191 e. The molecule has 2 aromatic carbocycles. The molecule has 0 aliphatic carbocycles. The number of hydrogen-bond donors (Lipinski definition) is 2. The van der Waals surface area contributed by atoms with Crippen LogP contribution >= 0.6 is 0 Å². The number of aryl methyl sites for hydroxylation is 3. The predicted octanol–water partition coefficient (Wildman–Crippen LogP) is 4.16. The summed E-state index contributed by atoms with van der Waals surface area (Å²) in [6.45, 7) is 9.51. The van der Waals surface area contributed by atoms with Gasteiger partial charge in [0, 0.05) is 37.1 Å². The van der Waals surface area contributed by atoms with Gasteiger partial charge in [0.2, 0.25) is 0 Å². The van der Waals surface area contributed by atoms with Crippen LogP contribution in [0, 0.1) is 27.7 Å². The molecule has 0 amide bonds. The summed E-state index contributed by atoms with van der Waals surface area (Å²) in [6, 6.07) is 20.6. The fraction of sp³-hybridized carbons (Fsp3) is 0.269. The third-order valence-electron chi connectivity index (χ3n) is 5.77. The van der Waals surface area contributed by atoms with Crippen LogP contribution in [0.5, 0.6) is 0 Å². The fourth-order valence-electron chi connectivity index (χ4n) is 4.06. The lowest BCUT2D eigenvalue weighted by atomic mass is 10.1. The molecule has 2 heterocycles. The van der Waals surface area contributed by atoms with Crippen molar-refractivity contribution in [1.29, 1.82) is 0 Å². The molecule has 0 bridgehead atoms. The zero-order valence-electron chi connectivity index (χ0n) is 19.9. The predicted molar refractivity (Wildman–Crippen MR) is 133 cm³/mol. The normalized spacial score (nSPS) is 11.6. The zero-order chi connectivity index (χ0) is 23.4. The van der Waals surface area contributed by atoms with Gasteiger partial charge in [-0.25, -0.2) is 9.36 Å². The van der Waals surface area contributed by atoms with Crippen LogP contribution < -0.4 is 10.6 Å². The molecule has 2 N–H and O–H groups in total. The third kappa shape index (κ3) is 4.82. The van der Waals surface area contributed by atoms with E-state index >= 15 is 0 Å². The first-order chi connectivity index (χ1) is 16.0. The molecule has 0 atom stereocenters. The van der Waals surface area contributed by atoms with Crippen molar-refractivity contribution in [2.24, 2.45) is 4.99 Å². The van der Waals surface area contributed by atoms with E-state index in [0.29, 0.717) is 13.1 Å². The van der Waals surface area contributed by atoms with Crippen LogP contribution in [0.2, 0.25) is 0 Å². The molecule has 0 radical (unpaired) electrons. The van der Waals surface area contributed by atoms with Gasteiger partial charge in [-0.2, -0.15) is 10.2 Å². The molecule has 7 heteroatoms. The van der Waals surface area contributed by atoms with Gasteiger partial charge in [0.1, 0.15) is 0 Å². The molecule has 0 aliphatic heterocycles. The van der Waals surface area contributed by atoms with Crippen LogP contribution in [0.1, 0.15) is 33.9 Å². The molecular weight excluding hydrogens is 410 g/mol. The molecule has 170 valence electrons. The lowest BCUT2D eigenvalue weighted by Gasteiger charge is -2.15. The van der Waals surface area contributed by atoms with Gasteiger partial charge in [0.25, 0.3) is 0 Å². The molecule has 0 spiro atoms. The van der Waals surface area contributed by atoms with E-state index < -0.39 is 0 Å². The number of aliphatic imine (C=N–C) groups is 1. The Kier molecular flexibility index (Phi) is 6.58. The maximum absolute atomic E-state index is 4.74. The summed E-state index contributed by atoms with van der Waals surface area (Å²) < 4.78 is 3.99. The van der Waals surface area contributed by atoms with Crippen molar-refractivity contribution in [1.82, 2.24) is 30.2 Å². The van der Waals surface area contributed by atoms with E-state index in [0.717, 1.165) is 45.7 Å². The molecule has 0 saturated carbocycles. The average molecular weight is 442 g/mol. The number of para-hydroxylation sites is 2. The lowest BCUT2D eigenvalue weighted by molar-refractivity contribution is 0.778. The molecule has 4 rings (SSSR count). The first kappa shape index (κ1) is 22.3. The van der Waals surface area contributed by atoms with E-state index in [9.17, 15) is 0 Å². The molecule has 7 nitrogen and oxygen atoms in total. The van der Waals surface area contributed by atoms with Crippen LogP contribution in [-0.2, 0) is 13.1 Å². The highest BCUT2D eigenvalue weighted by Gasteiger charge is 2.14. The van der Waals surface area contributed by atoms with Crippen molar-refractivity contribution < 1.29 is 0 Å². The van der Waals surface area contributed by atoms with Gasteiger partial charge in [-0.3, -0.25) is 4.99 Å². The van der Waals surface area contributed by atoms with Crippen molar-refractivity contribution in [2.45, 2.75) is 40.8 Å². The first-order valence-corrected chi connectivity index (χ1v) is 11.1. The van der Waals surface area contributed by atoms with Crippen molar-refractivity contribution >= 4 is 5.96 Å². The Morgan fingerprint density at radius 2 is 1.55 bits per heavy atom. The second-order valence-electron chi connectivity index (χ2n) is 8.14. The molecule has 0 aliphatic rings. The summed E-state index contributed by atoms with van der Waals surface area (Å²) in [7, 11) is 1.79. The maximum Gasteiger partial charge on any atom is 0.191 e. The number of aromatic nitrogens is 4. The van der Waals surface area contributed by atoms with Gasteiger partial charge in [-0.1, -0.05) is 36.4 Å². The topological polar surface area (TPSA) is 72.1 Å². The highest BCUT2D eigenvalue weighted by atomic mass is 15.3. The second kappa shape index (κ2) is 9.73. The van der Waals surface area contributed by atoms with Gasteiger partial charge >= 0.3 is 0 Å². The van der Waals surface area contributed by atoms with Crippen LogP contribution in [0.25, 0.3) is 11.4 Å². The molecule has 0 saturated heterocycles. The van der Waals surface area contributed by atoms with E-state index in [1.54, 1.807) is 7.05 Å². The Bertz CT molecular complexity index is 1270. The summed E-state index contributed by atoms with van der Waals surface area (Å²) in [5, 5.41) is 16.3. The number of rotatable bonds is 6. The molecule has 4 aromatic rings. The number of benzene rings is 2. The van der Waals surface area contributed by atoms with Gasteiger partial charge in [0.15, 0.2) is 5.96 Å². The fourth-order valence-corrected chi connectivity index (χ4v) is 4.06. The van der Waals surface area contributed by atoms with Gasteiger partial charge in [-0.15, -0.1) is 0 Å². The van der Waals surface area contributed by atoms with E-state index in [2.05, 4.69) is 64.9 Å². The number of guanidine groups is 1. The average Bonchev–Trinajstić information content (AvgIpc) is 3.31. The number of nitrogens with one attached hydrogen (secondary N) is 2.